The van der Waals surface area contributed by atoms with E-state index in [0.29, 0.717) is 27.7 Å². The maximum atomic E-state index is 13.9. The van der Waals surface area contributed by atoms with Gasteiger partial charge in [-0.1, -0.05) is 70.3 Å². The summed E-state index contributed by atoms with van der Waals surface area (Å²) < 4.78 is 29.3. The topological polar surface area (TPSA) is 86.8 Å². The number of rotatable bonds is 11. The highest BCUT2D eigenvalue weighted by atomic mass is 79.9. The van der Waals surface area contributed by atoms with E-state index in [4.69, 9.17) is 23.2 Å². The van der Waals surface area contributed by atoms with Gasteiger partial charge in [-0.2, -0.15) is 0 Å². The average Bonchev–Trinajstić information content (AvgIpc) is 2.91. The summed E-state index contributed by atoms with van der Waals surface area (Å²) in [5.41, 5.74) is 0.871. The third-order valence-corrected chi connectivity index (χ3v) is 9.15. The Morgan fingerprint density at radius 3 is 2.21 bits per heavy atom. The minimum absolute atomic E-state index is 0.0243. The largest absolute Gasteiger partial charge is 0.352 e. The molecule has 3 aromatic carbocycles. The summed E-state index contributed by atoms with van der Waals surface area (Å²) in [6.45, 7) is 4.86. The van der Waals surface area contributed by atoms with Crippen molar-refractivity contribution in [2.45, 2.75) is 50.7 Å². The third-order valence-electron chi connectivity index (χ3n) is 6.25. The lowest BCUT2D eigenvalue weighted by molar-refractivity contribution is -0.139. The number of benzene rings is 3. The first kappa shape index (κ1) is 30.9. The number of hydrogen-bond acceptors (Lipinski definition) is 4. The van der Waals surface area contributed by atoms with Crippen molar-refractivity contribution in [2.24, 2.45) is 0 Å². The summed E-state index contributed by atoms with van der Waals surface area (Å²) in [6, 6.07) is 18.4. The maximum Gasteiger partial charge on any atom is 0.264 e. The molecule has 7 nitrogen and oxygen atoms in total. The van der Waals surface area contributed by atoms with Gasteiger partial charge in [0.25, 0.3) is 10.0 Å². The molecule has 3 aromatic rings. The number of carbonyl (C=O) groups is 2. The fourth-order valence-electron chi connectivity index (χ4n) is 3.74. The summed E-state index contributed by atoms with van der Waals surface area (Å²) in [6.07, 6.45) is 0.710. The predicted octanol–water partition coefficient (Wildman–Crippen LogP) is 6.28. The van der Waals surface area contributed by atoms with Gasteiger partial charge in [-0.25, -0.2) is 8.42 Å². The number of halogens is 3. The Morgan fingerprint density at radius 2 is 1.62 bits per heavy atom. The molecule has 11 heteroatoms. The van der Waals surface area contributed by atoms with E-state index in [1.165, 1.54) is 17.0 Å². The number of carbonyl (C=O) groups excluding carboxylic acids is 2. The highest BCUT2D eigenvalue weighted by Crippen LogP contribution is 2.27. The van der Waals surface area contributed by atoms with Gasteiger partial charge < -0.3 is 10.2 Å². The molecule has 0 aromatic heterocycles. The number of nitrogens with one attached hydrogen (secondary N) is 1. The minimum Gasteiger partial charge on any atom is -0.352 e. The zero-order chi connectivity index (χ0) is 28.7. The second kappa shape index (κ2) is 13.7. The van der Waals surface area contributed by atoms with Crippen LogP contribution in [0, 0.1) is 0 Å². The van der Waals surface area contributed by atoms with Crippen LogP contribution in [0.3, 0.4) is 0 Å². The van der Waals surface area contributed by atoms with E-state index in [1.54, 1.807) is 67.6 Å². The van der Waals surface area contributed by atoms with Gasteiger partial charge in [0.1, 0.15) is 12.6 Å². The van der Waals surface area contributed by atoms with Gasteiger partial charge in [-0.05, 0) is 74.4 Å². The van der Waals surface area contributed by atoms with E-state index in [9.17, 15) is 18.0 Å². The zero-order valence-electron chi connectivity index (χ0n) is 21.8. The molecule has 2 unspecified atom stereocenters. The second-order valence-corrected chi connectivity index (χ2v) is 12.7. The van der Waals surface area contributed by atoms with Crippen LogP contribution in [0.25, 0.3) is 0 Å². The first-order valence-electron chi connectivity index (χ1n) is 12.3. The Bertz CT molecular complexity index is 1410. The van der Waals surface area contributed by atoms with Crippen LogP contribution in [-0.4, -0.2) is 43.8 Å². The highest BCUT2D eigenvalue weighted by molar-refractivity contribution is 9.10. The normalized spacial score (nSPS) is 12.9. The fourth-order valence-corrected chi connectivity index (χ4v) is 5.91. The van der Waals surface area contributed by atoms with E-state index in [-0.39, 0.29) is 23.4 Å². The first-order chi connectivity index (χ1) is 18.4. The van der Waals surface area contributed by atoms with Gasteiger partial charge in [0.2, 0.25) is 11.8 Å². The predicted molar refractivity (Wildman–Crippen MR) is 159 cm³/mol. The lowest BCUT2D eigenvalue weighted by Gasteiger charge is -2.32. The van der Waals surface area contributed by atoms with Crippen LogP contribution in [0.1, 0.15) is 32.8 Å². The van der Waals surface area contributed by atoms with Crippen LogP contribution in [0.2, 0.25) is 10.0 Å². The molecule has 3 rings (SSSR count). The Balaban J connectivity index is 2.03. The van der Waals surface area contributed by atoms with Gasteiger partial charge in [0, 0.05) is 27.1 Å². The lowest BCUT2D eigenvalue weighted by atomic mass is 10.1. The van der Waals surface area contributed by atoms with Crippen molar-refractivity contribution < 1.29 is 18.0 Å². The molecule has 1 N–H and O–H groups in total. The second-order valence-electron chi connectivity index (χ2n) is 9.05. The van der Waals surface area contributed by atoms with Crippen LogP contribution in [0.5, 0.6) is 0 Å². The van der Waals surface area contributed by atoms with E-state index < -0.39 is 28.5 Å². The summed E-state index contributed by atoms with van der Waals surface area (Å²) in [5.74, 6) is -0.931. The van der Waals surface area contributed by atoms with Crippen molar-refractivity contribution in [2.75, 3.05) is 10.8 Å². The van der Waals surface area contributed by atoms with Gasteiger partial charge in [0.05, 0.1) is 10.6 Å². The van der Waals surface area contributed by atoms with Gasteiger partial charge in [-0.3, -0.25) is 13.9 Å². The average molecular weight is 655 g/mol. The van der Waals surface area contributed by atoms with E-state index in [0.717, 1.165) is 8.78 Å². The number of anilines is 1. The molecule has 0 fully saturated rings. The molecule has 0 aliphatic rings. The van der Waals surface area contributed by atoms with Crippen molar-refractivity contribution in [1.29, 1.82) is 0 Å². The molecule has 0 spiro atoms. The monoisotopic (exact) mass is 653 g/mol. The molecule has 2 atom stereocenters. The number of nitrogens with zero attached hydrogens (tertiary/aromatic N) is 2. The Hall–Kier alpha value is -2.59. The van der Waals surface area contributed by atoms with Crippen LogP contribution in [-0.2, 0) is 26.2 Å². The molecule has 0 saturated carbocycles. The molecule has 0 aliphatic carbocycles. The van der Waals surface area contributed by atoms with Crippen molar-refractivity contribution >= 4 is 66.7 Å². The molecule has 0 saturated heterocycles. The number of amides is 2. The molecule has 0 heterocycles. The minimum atomic E-state index is -4.12. The van der Waals surface area contributed by atoms with Crippen molar-refractivity contribution in [3.8, 4) is 0 Å². The maximum absolute atomic E-state index is 13.9. The highest BCUT2D eigenvalue weighted by Gasteiger charge is 2.33. The molecular formula is C28H30BrCl2N3O4S. The number of sulfonamides is 1. The summed E-state index contributed by atoms with van der Waals surface area (Å²) in [7, 11) is -4.12. The fraction of sp³-hybridized carbons (Fsp3) is 0.286. The Labute approximate surface area is 248 Å². The smallest absolute Gasteiger partial charge is 0.264 e. The first-order valence-corrected chi connectivity index (χ1v) is 15.3. The molecule has 0 aliphatic heterocycles. The lowest BCUT2D eigenvalue weighted by Crippen LogP contribution is -2.52. The summed E-state index contributed by atoms with van der Waals surface area (Å²) >= 11 is 15.8. The van der Waals surface area contributed by atoms with Crippen LogP contribution in [0.4, 0.5) is 5.69 Å². The van der Waals surface area contributed by atoms with E-state index in [1.807, 2.05) is 13.8 Å². The molecule has 0 bridgehead atoms. The SMILES string of the molecule is CCC(C)NC(=O)C(C)N(Cc1ccc(Cl)cc1Cl)C(=O)CN(c1ccc(Br)cc1)S(=O)(=O)c1ccccc1. The van der Waals surface area contributed by atoms with Gasteiger partial charge >= 0.3 is 0 Å². The number of hydrogen-bond donors (Lipinski definition) is 1. The van der Waals surface area contributed by atoms with Crippen LogP contribution >= 0.6 is 39.1 Å². The molecule has 0 radical (unpaired) electrons. The molecule has 2 amide bonds. The van der Waals surface area contributed by atoms with E-state index >= 15 is 0 Å². The molecule has 208 valence electrons. The Kier molecular flexibility index (Phi) is 10.8. The molecule has 39 heavy (non-hydrogen) atoms. The van der Waals surface area contributed by atoms with Crippen molar-refractivity contribution in [1.82, 2.24) is 10.2 Å². The van der Waals surface area contributed by atoms with Crippen LogP contribution < -0.4 is 9.62 Å². The van der Waals surface area contributed by atoms with Gasteiger partial charge in [-0.15, -0.1) is 0 Å². The Morgan fingerprint density at radius 1 is 0.974 bits per heavy atom. The van der Waals surface area contributed by atoms with Crippen molar-refractivity contribution in [3.05, 3.63) is 92.9 Å². The zero-order valence-corrected chi connectivity index (χ0v) is 25.7. The summed E-state index contributed by atoms with van der Waals surface area (Å²) in [4.78, 5) is 28.4. The van der Waals surface area contributed by atoms with Crippen molar-refractivity contribution in [3.63, 3.8) is 0 Å². The van der Waals surface area contributed by atoms with E-state index in [2.05, 4.69) is 21.2 Å². The standard InChI is InChI=1S/C28H30BrCl2N3O4S/c1-4-19(2)32-28(36)20(3)33(17-21-10-13-23(30)16-26(21)31)27(35)18-34(24-14-11-22(29)12-15-24)39(37,38)25-8-6-5-7-9-25/h5-16,19-20H,4,17-18H2,1-3H3,(H,32,36). The third kappa shape index (κ3) is 7.97. The quantitative estimate of drug-likeness (QED) is 0.264. The van der Waals surface area contributed by atoms with Crippen LogP contribution in [0.15, 0.2) is 82.2 Å². The summed E-state index contributed by atoms with van der Waals surface area (Å²) in [5, 5.41) is 3.66. The molecular weight excluding hydrogens is 625 g/mol. The van der Waals surface area contributed by atoms with Gasteiger partial charge in [0.15, 0.2) is 0 Å².